The summed E-state index contributed by atoms with van der Waals surface area (Å²) >= 11 is 0. The quantitative estimate of drug-likeness (QED) is 0.263. The number of likely N-dealkylation sites (tertiary alicyclic amines) is 1. The molecule has 2 N–H and O–H groups in total. The molecule has 238 valence electrons. The average molecular weight is 612 g/mol. The Morgan fingerprint density at radius 3 is 2.56 bits per heavy atom. The highest BCUT2D eigenvalue weighted by Gasteiger charge is 2.27. The van der Waals surface area contributed by atoms with Gasteiger partial charge in [-0.1, -0.05) is 6.07 Å². The molecule has 3 aromatic heterocycles. The molecule has 0 spiro atoms. The van der Waals surface area contributed by atoms with Crippen LogP contribution in [0.1, 0.15) is 72.1 Å². The molecule has 10 heteroatoms. The average Bonchev–Trinajstić information content (AvgIpc) is 3.41. The van der Waals surface area contributed by atoms with Crippen LogP contribution in [-0.2, 0) is 0 Å². The number of ether oxygens (including phenoxy) is 1. The molecule has 10 nitrogen and oxygen atoms in total. The lowest BCUT2D eigenvalue weighted by molar-refractivity contribution is 0.102. The summed E-state index contributed by atoms with van der Waals surface area (Å²) in [5.74, 6) is 1.44. The first kappa shape index (κ1) is 31.1. The van der Waals surface area contributed by atoms with Crippen molar-refractivity contribution in [3.63, 3.8) is 0 Å². The molecule has 45 heavy (non-hydrogen) atoms. The van der Waals surface area contributed by atoms with Gasteiger partial charge in [0.2, 0.25) is 5.95 Å². The number of hydrogen-bond acceptors (Lipinski definition) is 8. The van der Waals surface area contributed by atoms with Crippen molar-refractivity contribution in [2.24, 2.45) is 0 Å². The minimum atomic E-state index is -0.273. The number of nitrogens with one attached hydrogen (secondary N) is 1. The van der Waals surface area contributed by atoms with Crippen molar-refractivity contribution in [3.05, 3.63) is 65.6 Å². The Balaban J connectivity index is 1.29. The summed E-state index contributed by atoms with van der Waals surface area (Å²) in [6, 6.07) is 12.1. The number of pyridine rings is 2. The van der Waals surface area contributed by atoms with Gasteiger partial charge in [0.15, 0.2) is 0 Å². The maximum Gasteiger partial charge on any atom is 0.258 e. The summed E-state index contributed by atoms with van der Waals surface area (Å²) in [7, 11) is 5.87. The second kappa shape index (κ2) is 13.6. The number of carbonyl (C=O) groups is 1. The molecule has 6 rings (SSSR count). The van der Waals surface area contributed by atoms with Crippen LogP contribution in [0.5, 0.6) is 5.75 Å². The molecule has 1 amide bonds. The maximum absolute atomic E-state index is 13.8. The zero-order chi connectivity index (χ0) is 31.5. The second-order valence-electron chi connectivity index (χ2n) is 12.8. The van der Waals surface area contributed by atoms with Crippen molar-refractivity contribution < 1.29 is 14.6 Å². The van der Waals surface area contributed by atoms with Crippen LogP contribution in [-0.4, -0.2) is 93.8 Å². The molecule has 0 unspecified atom stereocenters. The molecular formula is C35H45N7O3. The maximum atomic E-state index is 13.8. The number of aryl methyl sites for hydroxylation is 1. The summed E-state index contributed by atoms with van der Waals surface area (Å²) in [5, 5.41) is 13.4. The fourth-order valence-corrected chi connectivity index (χ4v) is 6.83. The Bertz CT molecular complexity index is 1640. The molecule has 2 fully saturated rings. The number of imidazole rings is 1. The number of nitrogens with zero attached hydrogens (tertiary/aromatic N) is 6. The number of hydrogen-bond donors (Lipinski definition) is 2. The van der Waals surface area contributed by atoms with Gasteiger partial charge in [0.25, 0.3) is 5.91 Å². The fourth-order valence-electron chi connectivity index (χ4n) is 6.83. The third-order valence-corrected chi connectivity index (χ3v) is 9.39. The van der Waals surface area contributed by atoms with Crippen molar-refractivity contribution >= 4 is 22.9 Å². The molecule has 1 aromatic carbocycles. The lowest BCUT2D eigenvalue weighted by Gasteiger charge is -2.33. The van der Waals surface area contributed by atoms with Crippen LogP contribution in [0.15, 0.2) is 48.8 Å². The molecule has 0 atom stereocenters. The van der Waals surface area contributed by atoms with E-state index in [0.717, 1.165) is 87.0 Å². The van der Waals surface area contributed by atoms with Gasteiger partial charge in [0.05, 0.1) is 35.5 Å². The van der Waals surface area contributed by atoms with E-state index in [1.165, 1.54) is 5.56 Å². The third-order valence-electron chi connectivity index (χ3n) is 9.39. The molecule has 4 aromatic rings. The Hall–Kier alpha value is -3.86. The van der Waals surface area contributed by atoms with Gasteiger partial charge in [-0.2, -0.15) is 0 Å². The van der Waals surface area contributed by atoms with Gasteiger partial charge < -0.3 is 24.2 Å². The molecule has 4 heterocycles. The summed E-state index contributed by atoms with van der Waals surface area (Å²) in [6.45, 7) is 6.28. The summed E-state index contributed by atoms with van der Waals surface area (Å²) in [4.78, 5) is 32.5. The van der Waals surface area contributed by atoms with Crippen molar-refractivity contribution in [1.29, 1.82) is 0 Å². The molecule has 1 saturated heterocycles. The van der Waals surface area contributed by atoms with E-state index in [1.54, 1.807) is 37.7 Å². The number of piperidine rings is 1. The molecule has 1 aliphatic carbocycles. The first-order chi connectivity index (χ1) is 21.8. The SMILES string of the molecule is COc1ccncc1-c1cc(C(=O)Nc2nc3ccc(C4CCN(CCN(C)C)CC4)cc3n2C2CCC(O)CC2)cc(C)n1. The predicted octanol–water partition coefficient (Wildman–Crippen LogP) is 5.28. The van der Waals surface area contributed by atoms with Crippen molar-refractivity contribution in [2.45, 2.75) is 63.5 Å². The van der Waals surface area contributed by atoms with Gasteiger partial charge in [-0.3, -0.25) is 20.1 Å². The number of aromatic nitrogens is 4. The van der Waals surface area contributed by atoms with E-state index in [9.17, 15) is 9.90 Å². The lowest BCUT2D eigenvalue weighted by atomic mass is 9.89. The molecule has 1 saturated carbocycles. The van der Waals surface area contributed by atoms with Gasteiger partial charge in [-0.15, -0.1) is 0 Å². The van der Waals surface area contributed by atoms with E-state index in [2.05, 4.69) is 61.9 Å². The largest absolute Gasteiger partial charge is 0.496 e. The predicted molar refractivity (Wildman–Crippen MR) is 177 cm³/mol. The van der Waals surface area contributed by atoms with E-state index in [4.69, 9.17) is 9.72 Å². The first-order valence-electron chi connectivity index (χ1n) is 16.1. The Kier molecular flexibility index (Phi) is 9.44. The van der Waals surface area contributed by atoms with Crippen LogP contribution >= 0.6 is 0 Å². The number of anilines is 1. The van der Waals surface area contributed by atoms with E-state index in [1.807, 2.05) is 6.92 Å². The van der Waals surface area contributed by atoms with Crippen LogP contribution in [0, 0.1) is 6.92 Å². The van der Waals surface area contributed by atoms with Crippen LogP contribution in [0.25, 0.3) is 22.3 Å². The molecule has 0 bridgehead atoms. The number of benzene rings is 1. The zero-order valence-electron chi connectivity index (χ0n) is 26.9. The molecule has 2 aliphatic rings. The lowest BCUT2D eigenvalue weighted by Crippen LogP contribution is -2.37. The monoisotopic (exact) mass is 611 g/mol. The number of amides is 1. The standard InChI is InChI=1S/C35H45N7O3/c1-23-19-26(20-31(37-23)29-22-36-14-11-33(29)45-4)34(44)39-35-38-30-10-5-25(24-12-15-41(16-13-24)18-17-40(2)3)21-32(30)42(35)27-6-8-28(43)9-7-27/h5,10-11,14,19-22,24,27-28,43H,6-9,12-13,15-18H2,1-4H3,(H,38,39,44). The Morgan fingerprint density at radius 1 is 1.04 bits per heavy atom. The van der Waals surface area contributed by atoms with Gasteiger partial charge in [0.1, 0.15) is 5.75 Å². The van der Waals surface area contributed by atoms with Crippen LogP contribution in [0.3, 0.4) is 0 Å². The minimum Gasteiger partial charge on any atom is -0.496 e. The molecule has 0 radical (unpaired) electrons. The van der Waals surface area contributed by atoms with Crippen molar-refractivity contribution in [3.8, 4) is 17.0 Å². The second-order valence-corrected chi connectivity index (χ2v) is 12.8. The van der Waals surface area contributed by atoms with Crippen LogP contribution < -0.4 is 10.1 Å². The normalized spacial score (nSPS) is 19.7. The number of aliphatic hydroxyl groups is 1. The van der Waals surface area contributed by atoms with Crippen LogP contribution in [0.4, 0.5) is 5.95 Å². The highest BCUT2D eigenvalue weighted by atomic mass is 16.5. The van der Waals surface area contributed by atoms with Crippen molar-refractivity contribution in [2.75, 3.05) is 52.7 Å². The van der Waals surface area contributed by atoms with E-state index >= 15 is 0 Å². The number of likely N-dealkylation sites (N-methyl/N-ethyl adjacent to an activating group) is 1. The number of carbonyl (C=O) groups excluding carboxylic acids is 1. The number of methoxy groups -OCH3 is 1. The Morgan fingerprint density at radius 2 is 1.82 bits per heavy atom. The highest BCUT2D eigenvalue weighted by molar-refractivity contribution is 6.05. The molecule has 1 aliphatic heterocycles. The van der Waals surface area contributed by atoms with E-state index in [0.29, 0.717) is 28.9 Å². The van der Waals surface area contributed by atoms with Gasteiger partial charge in [0, 0.05) is 42.8 Å². The zero-order valence-corrected chi connectivity index (χ0v) is 26.9. The molecular weight excluding hydrogens is 566 g/mol. The summed E-state index contributed by atoms with van der Waals surface area (Å²) in [5.41, 5.74) is 5.81. The van der Waals surface area contributed by atoms with Crippen LogP contribution in [0.2, 0.25) is 0 Å². The van der Waals surface area contributed by atoms with Crippen molar-refractivity contribution in [1.82, 2.24) is 29.3 Å². The fraction of sp³-hybridized carbons (Fsp3) is 0.486. The minimum absolute atomic E-state index is 0.145. The third kappa shape index (κ3) is 7.03. The number of aliphatic hydroxyl groups excluding tert-OH is 1. The van der Waals surface area contributed by atoms with E-state index < -0.39 is 0 Å². The highest BCUT2D eigenvalue weighted by Crippen LogP contribution is 2.37. The number of fused-ring (bicyclic) bond motifs is 1. The van der Waals surface area contributed by atoms with Gasteiger partial charge in [-0.05, 0) is 114 Å². The summed E-state index contributed by atoms with van der Waals surface area (Å²) in [6.07, 6.45) is 8.52. The number of rotatable bonds is 9. The Labute approximate surface area is 265 Å². The van der Waals surface area contributed by atoms with E-state index in [-0.39, 0.29) is 18.1 Å². The summed E-state index contributed by atoms with van der Waals surface area (Å²) < 4.78 is 7.74. The van der Waals surface area contributed by atoms with Gasteiger partial charge >= 0.3 is 0 Å². The first-order valence-corrected chi connectivity index (χ1v) is 16.1. The topological polar surface area (TPSA) is 109 Å². The van der Waals surface area contributed by atoms with Gasteiger partial charge in [-0.25, -0.2) is 4.98 Å². The smallest absolute Gasteiger partial charge is 0.258 e.